The van der Waals surface area contributed by atoms with Crippen LogP contribution in [0.25, 0.3) is 0 Å². The average Bonchev–Trinajstić information content (AvgIpc) is 2.23. The van der Waals surface area contributed by atoms with E-state index in [9.17, 15) is 16.8 Å². The summed E-state index contributed by atoms with van der Waals surface area (Å²) in [7, 11) is -4.34. The standard InChI is InChI=1S/C11H23NO4S2/c1-12-11(8-17(2,13)14)9-5-4-6-10(7-9)18(3,15)16/h9-12H,4-8H2,1-3H3. The van der Waals surface area contributed by atoms with Gasteiger partial charge >= 0.3 is 0 Å². The summed E-state index contributed by atoms with van der Waals surface area (Å²) in [6, 6.07) is -0.149. The van der Waals surface area contributed by atoms with E-state index in [2.05, 4.69) is 5.32 Å². The molecule has 108 valence electrons. The molecule has 7 heteroatoms. The Kier molecular flexibility index (Phi) is 5.20. The van der Waals surface area contributed by atoms with E-state index in [0.29, 0.717) is 12.8 Å². The van der Waals surface area contributed by atoms with Gasteiger partial charge in [-0.05, 0) is 32.2 Å². The summed E-state index contributed by atoms with van der Waals surface area (Å²) in [6.07, 6.45) is 5.50. The largest absolute Gasteiger partial charge is 0.316 e. The molecule has 0 amide bonds. The van der Waals surface area contributed by atoms with Crippen molar-refractivity contribution in [3.8, 4) is 0 Å². The van der Waals surface area contributed by atoms with Gasteiger partial charge in [-0.2, -0.15) is 0 Å². The molecule has 0 saturated heterocycles. The fourth-order valence-electron chi connectivity index (χ4n) is 2.72. The van der Waals surface area contributed by atoms with Gasteiger partial charge in [0.1, 0.15) is 19.7 Å². The molecular formula is C11H23NO4S2. The number of hydrogen-bond acceptors (Lipinski definition) is 5. The van der Waals surface area contributed by atoms with E-state index in [4.69, 9.17) is 0 Å². The van der Waals surface area contributed by atoms with Crippen molar-refractivity contribution < 1.29 is 16.8 Å². The molecule has 1 fully saturated rings. The van der Waals surface area contributed by atoms with Gasteiger partial charge in [-0.15, -0.1) is 0 Å². The third-order valence-electron chi connectivity index (χ3n) is 3.69. The Bertz CT molecular complexity index is 469. The summed E-state index contributed by atoms with van der Waals surface area (Å²) < 4.78 is 45.9. The fraction of sp³-hybridized carbons (Fsp3) is 1.00. The Hall–Kier alpha value is -0.140. The van der Waals surface area contributed by atoms with E-state index in [1.165, 1.54) is 12.5 Å². The lowest BCUT2D eigenvalue weighted by atomic mass is 9.84. The van der Waals surface area contributed by atoms with E-state index in [-0.39, 0.29) is 23.0 Å². The smallest absolute Gasteiger partial charge is 0.150 e. The summed E-state index contributed by atoms with van der Waals surface area (Å²) in [6.45, 7) is 0. The first-order chi connectivity index (χ1) is 8.13. The van der Waals surface area contributed by atoms with E-state index in [1.807, 2.05) is 0 Å². The third-order valence-corrected chi connectivity index (χ3v) is 6.30. The van der Waals surface area contributed by atoms with Crippen LogP contribution in [-0.2, 0) is 19.7 Å². The van der Waals surface area contributed by atoms with Crippen molar-refractivity contribution in [2.45, 2.75) is 37.0 Å². The fourth-order valence-corrected chi connectivity index (χ4v) is 5.00. The van der Waals surface area contributed by atoms with Gasteiger partial charge in [-0.1, -0.05) is 6.42 Å². The lowest BCUT2D eigenvalue weighted by Gasteiger charge is -2.33. The van der Waals surface area contributed by atoms with Crippen LogP contribution in [0.2, 0.25) is 0 Å². The number of rotatable bonds is 5. The molecule has 0 radical (unpaired) electrons. The molecule has 1 aliphatic rings. The number of sulfone groups is 2. The molecule has 0 heterocycles. The van der Waals surface area contributed by atoms with Crippen LogP contribution < -0.4 is 5.32 Å². The van der Waals surface area contributed by atoms with Crippen molar-refractivity contribution in [2.24, 2.45) is 5.92 Å². The predicted molar refractivity (Wildman–Crippen MR) is 73.1 cm³/mol. The van der Waals surface area contributed by atoms with Crippen LogP contribution in [0.15, 0.2) is 0 Å². The molecule has 1 N–H and O–H groups in total. The van der Waals surface area contributed by atoms with Crippen LogP contribution in [0.1, 0.15) is 25.7 Å². The van der Waals surface area contributed by atoms with Crippen molar-refractivity contribution >= 4 is 19.7 Å². The molecule has 1 aliphatic carbocycles. The SMILES string of the molecule is CNC(CS(C)(=O)=O)C1CCCC(S(C)(=O)=O)C1. The molecule has 0 aliphatic heterocycles. The Morgan fingerprint density at radius 1 is 1.17 bits per heavy atom. The molecule has 18 heavy (non-hydrogen) atoms. The Labute approximate surface area is 110 Å². The minimum Gasteiger partial charge on any atom is -0.316 e. The minimum absolute atomic E-state index is 0.0741. The summed E-state index contributed by atoms with van der Waals surface area (Å²) >= 11 is 0. The third kappa shape index (κ3) is 4.85. The van der Waals surface area contributed by atoms with Gasteiger partial charge in [0.15, 0.2) is 0 Å². The minimum atomic E-state index is -3.05. The van der Waals surface area contributed by atoms with Gasteiger partial charge in [0.25, 0.3) is 0 Å². The predicted octanol–water partition coefficient (Wildman–Crippen LogP) is 0.222. The van der Waals surface area contributed by atoms with E-state index < -0.39 is 19.7 Å². The van der Waals surface area contributed by atoms with Gasteiger partial charge in [-0.25, -0.2) is 16.8 Å². The summed E-state index contributed by atoms with van der Waals surface area (Å²) in [4.78, 5) is 0. The van der Waals surface area contributed by atoms with Crippen LogP contribution in [0.3, 0.4) is 0 Å². The van der Waals surface area contributed by atoms with Crippen LogP contribution in [0.4, 0.5) is 0 Å². The zero-order valence-corrected chi connectivity index (χ0v) is 12.9. The second-order valence-corrected chi connectivity index (χ2v) is 9.88. The molecule has 0 aromatic rings. The zero-order valence-electron chi connectivity index (χ0n) is 11.2. The quantitative estimate of drug-likeness (QED) is 0.785. The van der Waals surface area contributed by atoms with Crippen LogP contribution in [0.5, 0.6) is 0 Å². The number of hydrogen-bond donors (Lipinski definition) is 1. The molecule has 3 atom stereocenters. The molecule has 0 aromatic carbocycles. The Balaban J connectivity index is 2.76. The maximum atomic E-state index is 11.6. The van der Waals surface area contributed by atoms with Crippen LogP contribution in [0, 0.1) is 5.92 Å². The Morgan fingerprint density at radius 3 is 2.22 bits per heavy atom. The lowest BCUT2D eigenvalue weighted by molar-refractivity contribution is 0.293. The average molecular weight is 297 g/mol. The van der Waals surface area contributed by atoms with Crippen LogP contribution >= 0.6 is 0 Å². The Morgan fingerprint density at radius 2 is 1.78 bits per heavy atom. The summed E-state index contributed by atoms with van der Waals surface area (Å²) in [5, 5.41) is 2.71. The maximum Gasteiger partial charge on any atom is 0.150 e. The van der Waals surface area contributed by atoms with E-state index in [0.717, 1.165) is 12.8 Å². The highest BCUT2D eigenvalue weighted by Gasteiger charge is 2.33. The number of nitrogens with one attached hydrogen (secondary N) is 1. The molecule has 1 rings (SSSR count). The highest BCUT2D eigenvalue weighted by Crippen LogP contribution is 2.31. The first-order valence-electron chi connectivity index (χ1n) is 6.17. The van der Waals surface area contributed by atoms with Crippen molar-refractivity contribution in [2.75, 3.05) is 25.3 Å². The summed E-state index contributed by atoms with van der Waals surface area (Å²) in [5.41, 5.74) is 0. The zero-order chi connectivity index (χ0) is 14.0. The summed E-state index contributed by atoms with van der Waals surface area (Å²) in [5.74, 6) is 0.197. The van der Waals surface area contributed by atoms with E-state index in [1.54, 1.807) is 7.05 Å². The maximum absolute atomic E-state index is 11.6. The second-order valence-electron chi connectivity index (χ2n) is 5.37. The van der Waals surface area contributed by atoms with Gasteiger partial charge in [0, 0.05) is 18.6 Å². The highest BCUT2D eigenvalue weighted by molar-refractivity contribution is 7.91. The van der Waals surface area contributed by atoms with Gasteiger partial charge in [0.2, 0.25) is 0 Å². The van der Waals surface area contributed by atoms with Crippen molar-refractivity contribution in [3.63, 3.8) is 0 Å². The molecule has 0 aromatic heterocycles. The lowest BCUT2D eigenvalue weighted by Crippen LogP contribution is -2.43. The normalized spacial score (nSPS) is 27.9. The first kappa shape index (κ1) is 15.9. The van der Waals surface area contributed by atoms with Gasteiger partial charge < -0.3 is 5.32 Å². The molecule has 0 spiro atoms. The molecular weight excluding hydrogens is 274 g/mol. The molecule has 1 saturated carbocycles. The molecule has 5 nitrogen and oxygen atoms in total. The van der Waals surface area contributed by atoms with Crippen LogP contribution in [-0.4, -0.2) is 53.4 Å². The monoisotopic (exact) mass is 297 g/mol. The molecule has 3 unspecified atom stereocenters. The second kappa shape index (κ2) is 5.88. The molecule has 0 bridgehead atoms. The van der Waals surface area contributed by atoms with E-state index >= 15 is 0 Å². The van der Waals surface area contributed by atoms with Crippen molar-refractivity contribution in [3.05, 3.63) is 0 Å². The van der Waals surface area contributed by atoms with Crippen molar-refractivity contribution in [1.29, 1.82) is 0 Å². The highest BCUT2D eigenvalue weighted by atomic mass is 32.2. The first-order valence-corrected chi connectivity index (χ1v) is 10.2. The van der Waals surface area contributed by atoms with Gasteiger partial charge in [0.05, 0.1) is 11.0 Å². The topological polar surface area (TPSA) is 80.3 Å². The van der Waals surface area contributed by atoms with Crippen molar-refractivity contribution in [1.82, 2.24) is 5.32 Å². The van der Waals surface area contributed by atoms with Gasteiger partial charge in [-0.3, -0.25) is 0 Å².